The molecule has 0 saturated heterocycles. The zero-order valence-corrected chi connectivity index (χ0v) is 19.8. The van der Waals surface area contributed by atoms with Gasteiger partial charge in [0, 0.05) is 30.2 Å². The number of H-pyrrole nitrogens is 1. The van der Waals surface area contributed by atoms with E-state index in [1.807, 2.05) is 46.0 Å². The molecule has 3 heterocycles. The number of thiazole rings is 1. The Bertz CT molecular complexity index is 1300. The molecule has 4 rings (SSSR count). The molecule has 0 spiro atoms. The van der Waals surface area contributed by atoms with Crippen LogP contribution in [0.1, 0.15) is 34.6 Å². The van der Waals surface area contributed by atoms with Crippen LogP contribution >= 0.6 is 11.3 Å². The fourth-order valence-corrected chi connectivity index (χ4v) is 4.26. The van der Waals surface area contributed by atoms with E-state index in [0.29, 0.717) is 28.9 Å². The molecule has 0 saturated carbocycles. The zero-order valence-electron chi connectivity index (χ0n) is 19.0. The van der Waals surface area contributed by atoms with Crippen LogP contribution < -0.4 is 10.6 Å². The molecule has 10 nitrogen and oxygen atoms in total. The number of carbonyl (C=O) groups is 2. The first-order valence-electron chi connectivity index (χ1n) is 10.7. The van der Waals surface area contributed by atoms with E-state index >= 15 is 0 Å². The summed E-state index contributed by atoms with van der Waals surface area (Å²) in [7, 11) is 0. The van der Waals surface area contributed by atoms with Crippen molar-refractivity contribution >= 4 is 50.7 Å². The van der Waals surface area contributed by atoms with Crippen LogP contribution in [-0.4, -0.2) is 54.8 Å². The molecule has 3 aromatic heterocycles. The molecule has 4 aromatic rings. The van der Waals surface area contributed by atoms with E-state index < -0.39 is 0 Å². The number of rotatable bonds is 8. The fraction of sp³-hybridized carbons (Fsp3) is 0.318. The maximum absolute atomic E-state index is 12.8. The first-order chi connectivity index (χ1) is 15.9. The van der Waals surface area contributed by atoms with Crippen LogP contribution in [0, 0.1) is 13.8 Å². The third-order valence-electron chi connectivity index (χ3n) is 5.38. The number of fused-ring (bicyclic) bond motifs is 1. The van der Waals surface area contributed by atoms with Crippen LogP contribution in [0.4, 0.5) is 16.6 Å². The van der Waals surface area contributed by atoms with Crippen molar-refractivity contribution in [2.75, 3.05) is 23.7 Å². The number of aromatic amines is 1. The monoisotopic (exact) mass is 466 g/mol. The standard InChI is InChI=1S/C22H26N8O2S/c1-5-29(6-2)18(31)12-30-11-14(4)20(28-30)26-22-23-10-17(33-22)21(32)25-19-13(3)7-8-16-15(19)9-24-27-16/h7-11H,5-6,12H2,1-4H3,(H,24,27)(H,25,32)(H,23,26,28). The SMILES string of the molecule is CCN(CC)C(=O)Cn1cc(C)c(Nc2ncc(C(=O)Nc3c(C)ccc4[nH]ncc34)s2)n1. The molecule has 0 radical (unpaired) electrons. The van der Waals surface area contributed by atoms with Crippen molar-refractivity contribution in [1.82, 2.24) is 29.9 Å². The average Bonchev–Trinajstić information content (AvgIpc) is 3.52. The first kappa shape index (κ1) is 22.5. The highest BCUT2D eigenvalue weighted by Crippen LogP contribution is 2.28. The van der Waals surface area contributed by atoms with Gasteiger partial charge in [-0.3, -0.25) is 19.4 Å². The normalized spacial score (nSPS) is 11.0. The lowest BCUT2D eigenvalue weighted by atomic mass is 10.1. The number of aromatic nitrogens is 5. The van der Waals surface area contributed by atoms with Crippen LogP contribution in [0.2, 0.25) is 0 Å². The Morgan fingerprint density at radius 3 is 2.70 bits per heavy atom. The molecule has 0 fully saturated rings. The van der Waals surface area contributed by atoms with Crippen LogP contribution in [-0.2, 0) is 11.3 Å². The molecule has 0 atom stereocenters. The topological polar surface area (TPSA) is 121 Å². The smallest absolute Gasteiger partial charge is 0.267 e. The summed E-state index contributed by atoms with van der Waals surface area (Å²) in [6.45, 7) is 9.26. The number of aryl methyl sites for hydroxylation is 2. The molecule has 0 aliphatic heterocycles. The summed E-state index contributed by atoms with van der Waals surface area (Å²) in [5, 5.41) is 19.0. The molecular formula is C22H26N8O2S. The zero-order chi connectivity index (χ0) is 23.5. The van der Waals surface area contributed by atoms with Gasteiger partial charge < -0.3 is 15.5 Å². The summed E-state index contributed by atoms with van der Waals surface area (Å²) in [6.07, 6.45) is 5.05. The predicted octanol–water partition coefficient (Wildman–Crippen LogP) is 3.70. The number of amides is 2. The predicted molar refractivity (Wildman–Crippen MR) is 129 cm³/mol. The minimum Gasteiger partial charge on any atom is -0.342 e. The number of nitrogens with one attached hydrogen (secondary N) is 3. The Morgan fingerprint density at radius 1 is 1.15 bits per heavy atom. The maximum atomic E-state index is 12.8. The lowest BCUT2D eigenvalue weighted by molar-refractivity contribution is -0.131. The number of likely N-dealkylation sites (N-methyl/N-ethyl adjacent to an activating group) is 1. The Morgan fingerprint density at radius 2 is 1.94 bits per heavy atom. The second kappa shape index (κ2) is 9.41. The van der Waals surface area contributed by atoms with Gasteiger partial charge in [-0.15, -0.1) is 0 Å². The average molecular weight is 467 g/mol. The fourth-order valence-electron chi connectivity index (χ4n) is 3.55. The molecule has 33 heavy (non-hydrogen) atoms. The highest BCUT2D eigenvalue weighted by atomic mass is 32.1. The molecule has 11 heteroatoms. The number of hydrogen-bond acceptors (Lipinski definition) is 7. The van der Waals surface area contributed by atoms with Gasteiger partial charge in [-0.1, -0.05) is 17.4 Å². The molecule has 3 N–H and O–H groups in total. The second-order valence-corrected chi connectivity index (χ2v) is 8.65. The van der Waals surface area contributed by atoms with E-state index in [1.54, 1.807) is 15.8 Å². The van der Waals surface area contributed by atoms with Crippen molar-refractivity contribution in [1.29, 1.82) is 0 Å². The first-order valence-corrected chi connectivity index (χ1v) is 11.5. The number of nitrogens with zero attached hydrogens (tertiary/aromatic N) is 5. The molecule has 1 aromatic carbocycles. The third-order valence-corrected chi connectivity index (χ3v) is 6.30. The van der Waals surface area contributed by atoms with Gasteiger partial charge in [0.15, 0.2) is 10.9 Å². The van der Waals surface area contributed by atoms with Gasteiger partial charge >= 0.3 is 0 Å². The lowest BCUT2D eigenvalue weighted by Gasteiger charge is -2.18. The van der Waals surface area contributed by atoms with Gasteiger partial charge in [-0.2, -0.15) is 10.2 Å². The minimum atomic E-state index is -0.246. The maximum Gasteiger partial charge on any atom is 0.267 e. The van der Waals surface area contributed by atoms with E-state index in [-0.39, 0.29) is 18.4 Å². The van der Waals surface area contributed by atoms with Crippen LogP contribution in [0.5, 0.6) is 0 Å². The Hall–Kier alpha value is -3.73. The minimum absolute atomic E-state index is 0.0187. The molecule has 172 valence electrons. The van der Waals surface area contributed by atoms with Gasteiger partial charge in [0.25, 0.3) is 5.91 Å². The number of hydrogen-bond donors (Lipinski definition) is 3. The van der Waals surface area contributed by atoms with Gasteiger partial charge in [0.2, 0.25) is 5.91 Å². The molecule has 0 bridgehead atoms. The summed E-state index contributed by atoms with van der Waals surface area (Å²) < 4.78 is 1.62. The molecule has 2 amide bonds. The van der Waals surface area contributed by atoms with Crippen molar-refractivity contribution in [3.63, 3.8) is 0 Å². The third kappa shape index (κ3) is 4.72. The summed E-state index contributed by atoms with van der Waals surface area (Å²) in [6, 6.07) is 3.86. The van der Waals surface area contributed by atoms with Crippen LogP contribution in [0.25, 0.3) is 10.9 Å². The van der Waals surface area contributed by atoms with E-state index in [2.05, 4.69) is 30.9 Å². The highest BCUT2D eigenvalue weighted by Gasteiger charge is 2.17. The molecule has 0 aliphatic carbocycles. The summed E-state index contributed by atoms with van der Waals surface area (Å²) in [5.74, 6) is 0.372. The van der Waals surface area contributed by atoms with Crippen molar-refractivity contribution in [3.05, 3.63) is 46.7 Å². The summed E-state index contributed by atoms with van der Waals surface area (Å²) in [4.78, 5) is 31.8. The highest BCUT2D eigenvalue weighted by molar-refractivity contribution is 7.17. The molecule has 0 unspecified atom stereocenters. The van der Waals surface area contributed by atoms with Crippen molar-refractivity contribution in [2.24, 2.45) is 0 Å². The quantitative estimate of drug-likeness (QED) is 0.364. The van der Waals surface area contributed by atoms with Gasteiger partial charge in [-0.25, -0.2) is 4.98 Å². The van der Waals surface area contributed by atoms with Gasteiger partial charge in [-0.05, 0) is 39.3 Å². The molecular weight excluding hydrogens is 440 g/mol. The Kier molecular flexibility index (Phi) is 6.40. The largest absolute Gasteiger partial charge is 0.342 e. The van der Waals surface area contributed by atoms with Crippen molar-refractivity contribution in [2.45, 2.75) is 34.2 Å². The second-order valence-electron chi connectivity index (χ2n) is 7.62. The van der Waals surface area contributed by atoms with Crippen molar-refractivity contribution < 1.29 is 9.59 Å². The van der Waals surface area contributed by atoms with E-state index in [1.165, 1.54) is 17.5 Å². The summed E-state index contributed by atoms with van der Waals surface area (Å²) >= 11 is 1.23. The van der Waals surface area contributed by atoms with Gasteiger partial charge in [0.1, 0.15) is 11.4 Å². The number of anilines is 3. The van der Waals surface area contributed by atoms with E-state index in [4.69, 9.17) is 0 Å². The Balaban J connectivity index is 1.45. The lowest BCUT2D eigenvalue weighted by Crippen LogP contribution is -2.33. The Labute approximate surface area is 195 Å². The van der Waals surface area contributed by atoms with E-state index in [0.717, 1.165) is 27.7 Å². The van der Waals surface area contributed by atoms with E-state index in [9.17, 15) is 9.59 Å². The van der Waals surface area contributed by atoms with Gasteiger partial charge in [0.05, 0.1) is 23.6 Å². The van der Waals surface area contributed by atoms with Crippen LogP contribution in [0.3, 0.4) is 0 Å². The van der Waals surface area contributed by atoms with Crippen LogP contribution in [0.15, 0.2) is 30.7 Å². The summed E-state index contributed by atoms with van der Waals surface area (Å²) in [5.41, 5.74) is 3.40. The molecule has 0 aliphatic rings. The van der Waals surface area contributed by atoms with Crippen molar-refractivity contribution in [3.8, 4) is 0 Å². The number of carbonyl (C=O) groups excluding carboxylic acids is 2. The number of benzene rings is 1.